The Balaban J connectivity index is 1.42. The molecule has 25 heavy (non-hydrogen) atoms. The van der Waals surface area contributed by atoms with Gasteiger partial charge in [-0.3, -0.25) is 9.59 Å². The zero-order chi connectivity index (χ0) is 17.6. The van der Waals surface area contributed by atoms with Crippen LogP contribution < -0.4 is 16.0 Å². The Hall–Kier alpha value is -2.25. The first-order chi connectivity index (χ1) is 12.2. The van der Waals surface area contributed by atoms with Crippen LogP contribution in [0.4, 0.5) is 5.69 Å². The molecule has 0 atom stereocenters. The Morgan fingerprint density at radius 3 is 3.00 bits per heavy atom. The lowest BCUT2D eigenvalue weighted by Crippen LogP contribution is -2.30. The number of fused-ring (bicyclic) bond motifs is 1. The van der Waals surface area contributed by atoms with Crippen LogP contribution in [0.5, 0.6) is 0 Å². The van der Waals surface area contributed by atoms with Crippen molar-refractivity contribution in [3.63, 3.8) is 0 Å². The van der Waals surface area contributed by atoms with E-state index in [1.165, 1.54) is 16.9 Å². The molecule has 2 aromatic rings. The highest BCUT2D eigenvalue weighted by molar-refractivity contribution is 7.09. The van der Waals surface area contributed by atoms with E-state index in [9.17, 15) is 9.59 Å². The highest BCUT2D eigenvalue weighted by Gasteiger charge is 2.23. The van der Waals surface area contributed by atoms with Gasteiger partial charge >= 0.3 is 0 Å². The average molecular weight is 358 g/mol. The number of nitrogens with one attached hydrogen (secondary N) is 1. The van der Waals surface area contributed by atoms with Crippen LogP contribution >= 0.6 is 11.3 Å². The maximum atomic E-state index is 12.4. The van der Waals surface area contributed by atoms with Gasteiger partial charge in [0, 0.05) is 37.0 Å². The molecule has 6 nitrogen and oxygen atoms in total. The number of aromatic nitrogens is 1. The molecule has 1 aliphatic rings. The van der Waals surface area contributed by atoms with Crippen molar-refractivity contribution in [1.29, 1.82) is 0 Å². The van der Waals surface area contributed by atoms with E-state index in [0.717, 1.165) is 23.7 Å². The molecule has 0 radical (unpaired) electrons. The first-order valence-electron chi connectivity index (χ1n) is 8.50. The highest BCUT2D eigenvalue weighted by atomic mass is 32.1. The summed E-state index contributed by atoms with van der Waals surface area (Å²) in [6.07, 6.45) is 2.63. The number of benzene rings is 1. The summed E-state index contributed by atoms with van der Waals surface area (Å²) in [5.41, 5.74) is 8.15. The van der Waals surface area contributed by atoms with E-state index in [4.69, 9.17) is 5.73 Å². The molecule has 0 spiro atoms. The van der Waals surface area contributed by atoms with Gasteiger partial charge in [-0.25, -0.2) is 4.98 Å². The predicted octanol–water partition coefficient (Wildman–Crippen LogP) is 1.74. The summed E-state index contributed by atoms with van der Waals surface area (Å²) in [6, 6.07) is 8.01. The van der Waals surface area contributed by atoms with E-state index >= 15 is 0 Å². The normalized spacial score (nSPS) is 12.9. The number of rotatable bonds is 7. The van der Waals surface area contributed by atoms with Crippen LogP contribution in [-0.4, -0.2) is 36.4 Å². The smallest absolute Gasteiger partial charge is 0.270 e. The van der Waals surface area contributed by atoms with Crippen LogP contribution in [0.1, 0.15) is 33.9 Å². The molecule has 1 aromatic heterocycles. The van der Waals surface area contributed by atoms with Crippen molar-refractivity contribution in [2.75, 3.05) is 24.5 Å². The molecule has 0 aliphatic carbocycles. The summed E-state index contributed by atoms with van der Waals surface area (Å²) in [6.45, 7) is 1.73. The molecular weight excluding hydrogens is 336 g/mol. The summed E-state index contributed by atoms with van der Waals surface area (Å²) < 4.78 is 0. The predicted molar refractivity (Wildman–Crippen MR) is 98.9 cm³/mol. The topological polar surface area (TPSA) is 88.3 Å². The number of nitrogens with zero attached hydrogens (tertiary/aromatic N) is 2. The van der Waals surface area contributed by atoms with Crippen molar-refractivity contribution in [2.45, 2.75) is 25.7 Å². The van der Waals surface area contributed by atoms with E-state index in [1.54, 1.807) is 5.38 Å². The Morgan fingerprint density at radius 1 is 1.32 bits per heavy atom. The molecule has 1 aromatic carbocycles. The number of thiazole rings is 1. The molecule has 3 N–H and O–H groups in total. The van der Waals surface area contributed by atoms with Crippen LogP contribution in [0.3, 0.4) is 0 Å². The van der Waals surface area contributed by atoms with E-state index in [-0.39, 0.29) is 11.8 Å². The fourth-order valence-electron chi connectivity index (χ4n) is 2.92. The summed E-state index contributed by atoms with van der Waals surface area (Å²) in [7, 11) is 0. The molecule has 0 fully saturated rings. The first-order valence-corrected chi connectivity index (χ1v) is 9.38. The minimum absolute atomic E-state index is 0.109. The second-order valence-electron chi connectivity index (χ2n) is 5.95. The number of para-hydroxylation sites is 1. The molecule has 2 heterocycles. The Kier molecular flexibility index (Phi) is 5.78. The number of hydrogen-bond donors (Lipinski definition) is 2. The molecule has 3 rings (SSSR count). The van der Waals surface area contributed by atoms with Gasteiger partial charge in [0.1, 0.15) is 5.69 Å². The molecular formula is C18H22N4O2S. The Labute approximate surface area is 151 Å². The minimum Gasteiger partial charge on any atom is -0.351 e. The first kappa shape index (κ1) is 17.6. The molecule has 2 amide bonds. The number of nitrogens with two attached hydrogens (primary N) is 1. The van der Waals surface area contributed by atoms with Gasteiger partial charge in [-0.1, -0.05) is 18.2 Å². The second-order valence-corrected chi connectivity index (χ2v) is 6.89. The molecule has 0 unspecified atom stereocenters. The van der Waals surface area contributed by atoms with Crippen LogP contribution in [0.25, 0.3) is 0 Å². The number of hydrogen-bond acceptors (Lipinski definition) is 5. The molecule has 0 saturated carbocycles. The average Bonchev–Trinajstić information content (AvgIpc) is 3.25. The van der Waals surface area contributed by atoms with E-state index in [1.807, 2.05) is 23.1 Å². The third-order valence-corrected chi connectivity index (χ3v) is 5.09. The van der Waals surface area contributed by atoms with Gasteiger partial charge in [0.25, 0.3) is 5.91 Å². The lowest BCUT2D eigenvalue weighted by atomic mass is 10.2. The lowest BCUT2D eigenvalue weighted by Gasteiger charge is -2.17. The lowest BCUT2D eigenvalue weighted by molar-refractivity contribution is -0.118. The van der Waals surface area contributed by atoms with Crippen LogP contribution in [0.15, 0.2) is 29.6 Å². The second kappa shape index (κ2) is 8.22. The summed E-state index contributed by atoms with van der Waals surface area (Å²) in [4.78, 5) is 30.5. The largest absolute Gasteiger partial charge is 0.351 e. The van der Waals surface area contributed by atoms with Gasteiger partial charge in [0.05, 0.1) is 5.01 Å². The van der Waals surface area contributed by atoms with Crippen molar-refractivity contribution in [3.05, 3.63) is 45.9 Å². The van der Waals surface area contributed by atoms with Crippen molar-refractivity contribution in [1.82, 2.24) is 10.3 Å². The van der Waals surface area contributed by atoms with Gasteiger partial charge in [-0.05, 0) is 31.0 Å². The van der Waals surface area contributed by atoms with Gasteiger partial charge in [-0.2, -0.15) is 0 Å². The third-order valence-electron chi connectivity index (χ3n) is 4.18. The molecule has 0 bridgehead atoms. The number of amides is 2. The van der Waals surface area contributed by atoms with Crippen molar-refractivity contribution in [3.8, 4) is 0 Å². The number of carbonyl (C=O) groups excluding carboxylic acids is 2. The van der Waals surface area contributed by atoms with E-state index < -0.39 is 0 Å². The molecule has 7 heteroatoms. The zero-order valence-electron chi connectivity index (χ0n) is 14.0. The molecule has 132 valence electrons. The maximum Gasteiger partial charge on any atom is 0.270 e. The molecule has 0 saturated heterocycles. The summed E-state index contributed by atoms with van der Waals surface area (Å²) in [5.74, 6) is -0.0865. The van der Waals surface area contributed by atoms with Crippen LogP contribution in [0, 0.1) is 0 Å². The summed E-state index contributed by atoms with van der Waals surface area (Å²) in [5, 5.41) is 5.44. The van der Waals surface area contributed by atoms with E-state index in [2.05, 4.69) is 16.4 Å². The fourth-order valence-corrected chi connectivity index (χ4v) is 3.71. The highest BCUT2D eigenvalue weighted by Crippen LogP contribution is 2.27. The van der Waals surface area contributed by atoms with Gasteiger partial charge < -0.3 is 16.0 Å². The van der Waals surface area contributed by atoms with Gasteiger partial charge in [-0.15, -0.1) is 11.3 Å². The van der Waals surface area contributed by atoms with Crippen molar-refractivity contribution < 1.29 is 9.59 Å². The van der Waals surface area contributed by atoms with Gasteiger partial charge in [0.15, 0.2) is 0 Å². The van der Waals surface area contributed by atoms with Crippen LogP contribution in [-0.2, 0) is 17.6 Å². The van der Waals surface area contributed by atoms with E-state index in [0.29, 0.717) is 38.0 Å². The fraction of sp³-hybridized carbons (Fsp3) is 0.389. The standard InChI is InChI=1S/C18H22N4O2S/c19-9-7-16-21-14(12-25-16)18(24)20-10-3-6-17(23)22-11-8-13-4-1-2-5-15(13)22/h1-2,4-5,12H,3,6-11,19H2,(H,20,24). The molecule has 1 aliphatic heterocycles. The Morgan fingerprint density at radius 2 is 2.16 bits per heavy atom. The SMILES string of the molecule is NCCc1nc(C(=O)NCCCC(=O)N2CCc3ccccc32)cs1. The number of carbonyl (C=O) groups is 2. The quantitative estimate of drug-likeness (QED) is 0.738. The van der Waals surface area contributed by atoms with Gasteiger partial charge in [0.2, 0.25) is 5.91 Å². The van der Waals surface area contributed by atoms with Crippen LogP contribution in [0.2, 0.25) is 0 Å². The maximum absolute atomic E-state index is 12.4. The van der Waals surface area contributed by atoms with Crippen molar-refractivity contribution in [2.24, 2.45) is 5.73 Å². The minimum atomic E-state index is -0.196. The monoisotopic (exact) mass is 358 g/mol. The van der Waals surface area contributed by atoms with Crippen molar-refractivity contribution >= 4 is 28.8 Å². The zero-order valence-corrected chi connectivity index (χ0v) is 14.8. The summed E-state index contributed by atoms with van der Waals surface area (Å²) >= 11 is 1.44. The Bertz CT molecular complexity index is 759. The third kappa shape index (κ3) is 4.24. The number of anilines is 1.